The van der Waals surface area contributed by atoms with Crippen LogP contribution in [-0.2, 0) is 0 Å². The Morgan fingerprint density at radius 3 is 2.12 bits per heavy atom. The van der Waals surface area contributed by atoms with Gasteiger partial charge in [-0.15, -0.1) is 0 Å². The molecule has 0 spiro atoms. The molecule has 1 aromatic heterocycles. The Balaban J connectivity index is 2.28. The summed E-state index contributed by atoms with van der Waals surface area (Å²) in [6.07, 6.45) is 3.50. The van der Waals surface area contributed by atoms with E-state index in [1.54, 1.807) is 19.5 Å². The van der Waals surface area contributed by atoms with Gasteiger partial charge in [0.25, 0.3) is 0 Å². The molecule has 0 saturated carbocycles. The Morgan fingerprint density at radius 2 is 1.62 bits per heavy atom. The smallest absolute Gasteiger partial charge is 0.316 e. The Kier molecular flexibility index (Phi) is 3.00. The summed E-state index contributed by atoms with van der Waals surface area (Å²) in [5.41, 5.74) is 3.14. The van der Waals surface area contributed by atoms with E-state index in [9.17, 15) is 0 Å². The largest absolute Gasteiger partial charge is 0.467 e. The van der Waals surface area contributed by atoms with E-state index in [1.165, 1.54) is 0 Å². The van der Waals surface area contributed by atoms with Gasteiger partial charge < -0.3 is 10.1 Å². The van der Waals surface area contributed by atoms with Gasteiger partial charge in [0.15, 0.2) is 0 Å². The Hall–Kier alpha value is -2.10. The predicted molar refractivity (Wildman–Crippen MR) is 63.6 cm³/mol. The Labute approximate surface area is 94.3 Å². The number of nitrogens with one attached hydrogen (secondary N) is 1. The molecule has 2 rings (SSSR count). The van der Waals surface area contributed by atoms with E-state index in [0.29, 0.717) is 6.01 Å². The highest BCUT2D eigenvalue weighted by Crippen LogP contribution is 2.20. The molecule has 0 aliphatic carbocycles. The molecule has 0 aliphatic heterocycles. The highest BCUT2D eigenvalue weighted by atomic mass is 16.5. The van der Waals surface area contributed by atoms with Crippen LogP contribution in [0, 0.1) is 0 Å². The molecule has 1 aromatic carbocycles. The third-order valence-corrected chi connectivity index (χ3v) is 2.32. The summed E-state index contributed by atoms with van der Waals surface area (Å²) in [5, 5.41) is 3.07. The molecule has 0 atom stereocenters. The van der Waals surface area contributed by atoms with Crippen LogP contribution >= 0.6 is 0 Å². The van der Waals surface area contributed by atoms with E-state index >= 15 is 0 Å². The minimum atomic E-state index is 0.385. The van der Waals surface area contributed by atoms with Crippen molar-refractivity contribution in [3.8, 4) is 17.1 Å². The molecule has 16 heavy (non-hydrogen) atoms. The summed E-state index contributed by atoms with van der Waals surface area (Å²) < 4.78 is 4.91. The zero-order valence-electron chi connectivity index (χ0n) is 9.27. The standard InChI is InChI=1S/C12H13N3O/c1-13-11-5-3-9(4-6-11)10-7-14-12(16-2)15-8-10/h3-8,13H,1-2H3. The number of anilines is 1. The van der Waals surface area contributed by atoms with Gasteiger partial charge in [0.2, 0.25) is 0 Å². The van der Waals surface area contributed by atoms with Crippen LogP contribution < -0.4 is 10.1 Å². The van der Waals surface area contributed by atoms with Crippen LogP contribution in [0.25, 0.3) is 11.1 Å². The van der Waals surface area contributed by atoms with Crippen molar-refractivity contribution in [2.24, 2.45) is 0 Å². The van der Waals surface area contributed by atoms with E-state index in [1.807, 2.05) is 31.3 Å². The van der Waals surface area contributed by atoms with Crippen molar-refractivity contribution < 1.29 is 4.74 Å². The first-order valence-corrected chi connectivity index (χ1v) is 4.97. The number of benzene rings is 1. The molecule has 4 nitrogen and oxygen atoms in total. The van der Waals surface area contributed by atoms with Crippen LogP contribution in [0.4, 0.5) is 5.69 Å². The third kappa shape index (κ3) is 2.11. The number of hydrogen-bond donors (Lipinski definition) is 1. The van der Waals surface area contributed by atoms with Crippen molar-refractivity contribution >= 4 is 5.69 Å². The molecule has 4 heteroatoms. The second kappa shape index (κ2) is 4.61. The minimum Gasteiger partial charge on any atom is -0.467 e. The van der Waals surface area contributed by atoms with Gasteiger partial charge in [-0.2, -0.15) is 0 Å². The molecule has 2 aromatic rings. The van der Waals surface area contributed by atoms with Crippen LogP contribution in [0.1, 0.15) is 0 Å². The lowest BCUT2D eigenvalue weighted by Gasteiger charge is -2.03. The summed E-state index contributed by atoms with van der Waals surface area (Å²) in [6.45, 7) is 0. The normalized spacial score (nSPS) is 9.88. The van der Waals surface area contributed by atoms with E-state index in [4.69, 9.17) is 4.74 Å². The van der Waals surface area contributed by atoms with Crippen LogP contribution in [0.2, 0.25) is 0 Å². The lowest BCUT2D eigenvalue weighted by Crippen LogP contribution is -1.91. The second-order valence-electron chi connectivity index (χ2n) is 3.29. The highest BCUT2D eigenvalue weighted by molar-refractivity contribution is 5.64. The lowest BCUT2D eigenvalue weighted by molar-refractivity contribution is 0.380. The summed E-state index contributed by atoms with van der Waals surface area (Å²) in [7, 11) is 3.45. The molecule has 0 saturated heterocycles. The lowest BCUT2D eigenvalue weighted by atomic mass is 10.1. The van der Waals surface area contributed by atoms with Gasteiger partial charge in [0, 0.05) is 30.7 Å². The average molecular weight is 215 g/mol. The van der Waals surface area contributed by atoms with E-state index in [2.05, 4.69) is 15.3 Å². The quantitative estimate of drug-likeness (QED) is 0.852. The van der Waals surface area contributed by atoms with Crippen molar-refractivity contribution in [3.63, 3.8) is 0 Å². The second-order valence-corrected chi connectivity index (χ2v) is 3.29. The number of aromatic nitrogens is 2. The van der Waals surface area contributed by atoms with Crippen LogP contribution in [0.5, 0.6) is 6.01 Å². The van der Waals surface area contributed by atoms with E-state index in [0.717, 1.165) is 16.8 Å². The maximum atomic E-state index is 4.91. The Bertz CT molecular complexity index is 405. The van der Waals surface area contributed by atoms with Crippen LogP contribution in [0.3, 0.4) is 0 Å². The first-order valence-electron chi connectivity index (χ1n) is 4.97. The first kappa shape index (κ1) is 10.4. The molecule has 0 fully saturated rings. The molecule has 0 amide bonds. The van der Waals surface area contributed by atoms with Crippen molar-refractivity contribution in [1.29, 1.82) is 0 Å². The fourth-order valence-corrected chi connectivity index (χ4v) is 1.40. The van der Waals surface area contributed by atoms with Gasteiger partial charge in [-0.1, -0.05) is 12.1 Å². The van der Waals surface area contributed by atoms with Gasteiger partial charge >= 0.3 is 6.01 Å². The zero-order chi connectivity index (χ0) is 11.4. The van der Waals surface area contributed by atoms with Crippen molar-refractivity contribution in [3.05, 3.63) is 36.7 Å². The van der Waals surface area contributed by atoms with Crippen molar-refractivity contribution in [1.82, 2.24) is 9.97 Å². The van der Waals surface area contributed by atoms with E-state index in [-0.39, 0.29) is 0 Å². The molecular formula is C12H13N3O. The molecule has 0 unspecified atom stereocenters. The number of methoxy groups -OCH3 is 1. The number of ether oxygens (including phenoxy) is 1. The van der Waals surface area contributed by atoms with Crippen LogP contribution in [0.15, 0.2) is 36.7 Å². The van der Waals surface area contributed by atoms with E-state index < -0.39 is 0 Å². The minimum absolute atomic E-state index is 0.385. The summed E-state index contributed by atoms with van der Waals surface area (Å²) >= 11 is 0. The number of nitrogens with zero attached hydrogens (tertiary/aromatic N) is 2. The third-order valence-electron chi connectivity index (χ3n) is 2.32. The van der Waals surface area contributed by atoms with Crippen molar-refractivity contribution in [2.75, 3.05) is 19.5 Å². The fourth-order valence-electron chi connectivity index (χ4n) is 1.40. The van der Waals surface area contributed by atoms with Crippen LogP contribution in [-0.4, -0.2) is 24.1 Å². The Morgan fingerprint density at radius 1 is 1.00 bits per heavy atom. The maximum absolute atomic E-state index is 4.91. The monoisotopic (exact) mass is 215 g/mol. The molecule has 0 bridgehead atoms. The molecule has 0 radical (unpaired) electrons. The van der Waals surface area contributed by atoms with Gasteiger partial charge in [-0.05, 0) is 17.7 Å². The highest BCUT2D eigenvalue weighted by Gasteiger charge is 2.00. The zero-order valence-corrected chi connectivity index (χ0v) is 9.27. The van der Waals surface area contributed by atoms with Gasteiger partial charge in [-0.3, -0.25) is 0 Å². The van der Waals surface area contributed by atoms with Gasteiger partial charge in [0.1, 0.15) is 0 Å². The van der Waals surface area contributed by atoms with Crippen molar-refractivity contribution in [2.45, 2.75) is 0 Å². The fraction of sp³-hybridized carbons (Fsp3) is 0.167. The predicted octanol–water partition coefficient (Wildman–Crippen LogP) is 2.19. The first-order chi connectivity index (χ1) is 7.83. The van der Waals surface area contributed by atoms with Gasteiger partial charge in [0.05, 0.1) is 7.11 Å². The molecule has 0 aliphatic rings. The molecule has 1 N–H and O–H groups in total. The number of rotatable bonds is 3. The SMILES string of the molecule is CNc1ccc(-c2cnc(OC)nc2)cc1. The topological polar surface area (TPSA) is 47.0 Å². The summed E-state index contributed by atoms with van der Waals surface area (Å²) in [4.78, 5) is 8.13. The molecule has 82 valence electrons. The average Bonchev–Trinajstić information content (AvgIpc) is 2.39. The maximum Gasteiger partial charge on any atom is 0.316 e. The summed E-state index contributed by atoms with van der Waals surface area (Å²) in [5.74, 6) is 0. The molecule has 1 heterocycles. The number of hydrogen-bond acceptors (Lipinski definition) is 4. The molecular weight excluding hydrogens is 202 g/mol. The van der Waals surface area contributed by atoms with Gasteiger partial charge in [-0.25, -0.2) is 9.97 Å². The summed E-state index contributed by atoms with van der Waals surface area (Å²) in [6, 6.07) is 8.46.